The van der Waals surface area contributed by atoms with Crippen LogP contribution in [0.3, 0.4) is 0 Å². The minimum Gasteiger partial charge on any atom is -0.291 e. The summed E-state index contributed by atoms with van der Waals surface area (Å²) >= 11 is 1.02. The molecule has 184 valence electrons. The van der Waals surface area contributed by atoms with Crippen molar-refractivity contribution in [2.24, 2.45) is 0 Å². The molecule has 7 nitrogen and oxygen atoms in total. The van der Waals surface area contributed by atoms with Gasteiger partial charge < -0.3 is 0 Å². The normalized spacial score (nSPS) is 17.1. The molecule has 9 heteroatoms. The van der Waals surface area contributed by atoms with Gasteiger partial charge in [0.25, 0.3) is 10.0 Å². The van der Waals surface area contributed by atoms with Crippen molar-refractivity contribution in [2.75, 3.05) is 11.9 Å². The van der Waals surface area contributed by atoms with E-state index in [2.05, 4.69) is 14.7 Å². The number of hydrogen-bond donors (Lipinski definition) is 1. The molecule has 1 aliphatic rings. The van der Waals surface area contributed by atoms with Crippen LogP contribution in [0, 0.1) is 6.92 Å². The Morgan fingerprint density at radius 1 is 1.06 bits per heavy atom. The van der Waals surface area contributed by atoms with Crippen molar-refractivity contribution in [3.05, 3.63) is 95.8 Å². The highest BCUT2D eigenvalue weighted by Gasteiger charge is 2.42. The molecular weight excluding hydrogens is 492 g/mol. The highest BCUT2D eigenvalue weighted by Crippen LogP contribution is 2.42. The molecule has 36 heavy (non-hydrogen) atoms. The molecule has 0 aliphatic heterocycles. The molecule has 0 spiro atoms. The fraction of sp³-hybridized carbons (Fsp3) is 0.222. The van der Waals surface area contributed by atoms with Gasteiger partial charge in [0.15, 0.2) is 9.34 Å². The predicted octanol–water partition coefficient (Wildman–Crippen LogP) is 4.55. The van der Waals surface area contributed by atoms with E-state index in [1.54, 1.807) is 20.2 Å². The first-order valence-electron chi connectivity index (χ1n) is 11.6. The van der Waals surface area contributed by atoms with E-state index in [-0.39, 0.29) is 28.5 Å². The van der Waals surface area contributed by atoms with Gasteiger partial charge in [-0.1, -0.05) is 72.0 Å². The zero-order valence-corrected chi connectivity index (χ0v) is 21.6. The van der Waals surface area contributed by atoms with E-state index in [1.165, 1.54) is 4.90 Å². The number of thiazole rings is 1. The van der Waals surface area contributed by atoms with Gasteiger partial charge in [-0.3, -0.25) is 14.7 Å². The molecular formula is C27H26N4O3S2. The number of aromatic nitrogens is 2. The molecule has 1 fully saturated rings. The number of pyridine rings is 1. The second-order valence-corrected chi connectivity index (χ2v) is 11.8. The van der Waals surface area contributed by atoms with E-state index in [4.69, 9.17) is 0 Å². The monoisotopic (exact) mass is 518 g/mol. The Balaban J connectivity index is 1.24. The molecule has 1 aliphatic carbocycles. The van der Waals surface area contributed by atoms with Crippen molar-refractivity contribution in [2.45, 2.75) is 35.9 Å². The van der Waals surface area contributed by atoms with E-state index in [0.717, 1.165) is 40.1 Å². The lowest BCUT2D eigenvalue weighted by Gasteiger charge is -2.14. The first-order valence-corrected chi connectivity index (χ1v) is 13.9. The second kappa shape index (κ2) is 9.93. The Morgan fingerprint density at radius 3 is 2.47 bits per heavy atom. The van der Waals surface area contributed by atoms with Crippen molar-refractivity contribution < 1.29 is 13.2 Å². The topological polar surface area (TPSA) is 92.3 Å². The smallest absolute Gasteiger partial charge is 0.252 e. The zero-order chi connectivity index (χ0) is 25.3. The number of rotatable bonds is 8. The van der Waals surface area contributed by atoms with E-state index in [0.29, 0.717) is 10.8 Å². The van der Waals surface area contributed by atoms with Crippen LogP contribution in [-0.2, 0) is 21.2 Å². The summed E-state index contributed by atoms with van der Waals surface area (Å²) in [7, 11) is -2.11. The summed E-state index contributed by atoms with van der Waals surface area (Å²) in [6.45, 7) is 1.66. The van der Waals surface area contributed by atoms with Crippen LogP contribution >= 0.6 is 11.3 Å². The number of carbonyl (C=O) groups is 1. The van der Waals surface area contributed by atoms with E-state index in [1.807, 2.05) is 72.8 Å². The number of benzene rings is 2. The second-order valence-electron chi connectivity index (χ2n) is 8.89. The van der Waals surface area contributed by atoms with Crippen LogP contribution in [0.25, 0.3) is 11.3 Å². The van der Waals surface area contributed by atoms with Crippen LogP contribution in [0.4, 0.5) is 5.13 Å². The van der Waals surface area contributed by atoms with Gasteiger partial charge in [0.05, 0.1) is 17.8 Å². The third-order valence-corrected chi connectivity index (χ3v) is 9.58. The maximum absolute atomic E-state index is 13.1. The van der Waals surface area contributed by atoms with Gasteiger partial charge in [-0.15, -0.1) is 0 Å². The molecule has 2 atom stereocenters. The zero-order valence-electron chi connectivity index (χ0n) is 20.0. The van der Waals surface area contributed by atoms with Crippen LogP contribution in [-0.4, -0.2) is 37.4 Å². The fourth-order valence-electron chi connectivity index (χ4n) is 4.13. The number of hydrogen-bond acceptors (Lipinski definition) is 6. The minimum atomic E-state index is -3.73. The van der Waals surface area contributed by atoms with Crippen molar-refractivity contribution >= 4 is 32.4 Å². The fourth-order valence-corrected chi connectivity index (χ4v) is 6.92. The molecule has 1 N–H and O–H groups in total. The lowest BCUT2D eigenvalue weighted by molar-refractivity contribution is -0.117. The molecule has 0 saturated heterocycles. The summed E-state index contributed by atoms with van der Waals surface area (Å²) in [5.74, 6) is 0.0135. The summed E-state index contributed by atoms with van der Waals surface area (Å²) < 4.78 is 29.1. The van der Waals surface area contributed by atoms with E-state index >= 15 is 0 Å². The Hall–Kier alpha value is -3.40. The third kappa shape index (κ3) is 5.23. The van der Waals surface area contributed by atoms with Gasteiger partial charge in [-0.25, -0.2) is 18.1 Å². The number of nitrogens with zero attached hydrogens (tertiary/aromatic N) is 3. The maximum atomic E-state index is 13.1. The molecule has 2 unspecified atom stereocenters. The minimum absolute atomic E-state index is 0.129. The highest BCUT2D eigenvalue weighted by molar-refractivity contribution is 7.91. The SMILES string of the molecule is Cc1nc(N(C)C(=O)Cc2ccc(-c3ccccn3)cc2)sc1S(=O)(=O)NC1CC1c1ccccc1. The molecule has 2 heterocycles. The summed E-state index contributed by atoms with van der Waals surface area (Å²) in [4.78, 5) is 23.1. The molecule has 2 aromatic heterocycles. The molecule has 4 aromatic rings. The van der Waals surface area contributed by atoms with Crippen LogP contribution < -0.4 is 9.62 Å². The highest BCUT2D eigenvalue weighted by atomic mass is 32.2. The molecule has 2 aromatic carbocycles. The number of nitrogens with one attached hydrogen (secondary N) is 1. The molecule has 1 amide bonds. The third-order valence-electron chi connectivity index (χ3n) is 6.24. The van der Waals surface area contributed by atoms with Crippen molar-refractivity contribution in [1.29, 1.82) is 0 Å². The van der Waals surface area contributed by atoms with Gasteiger partial charge >= 0.3 is 0 Å². The Kier molecular flexibility index (Phi) is 6.70. The number of carbonyl (C=O) groups excluding carboxylic acids is 1. The van der Waals surface area contributed by atoms with Gasteiger partial charge in [-0.2, -0.15) is 0 Å². The summed E-state index contributed by atoms with van der Waals surface area (Å²) in [5.41, 5.74) is 4.22. The van der Waals surface area contributed by atoms with Gasteiger partial charge in [0, 0.05) is 30.8 Å². The van der Waals surface area contributed by atoms with Gasteiger partial charge in [-0.05, 0) is 36.6 Å². The van der Waals surface area contributed by atoms with Crippen molar-refractivity contribution in [1.82, 2.24) is 14.7 Å². The number of amides is 1. The van der Waals surface area contributed by atoms with Crippen molar-refractivity contribution in [3.8, 4) is 11.3 Å². The molecule has 0 bridgehead atoms. The quantitative estimate of drug-likeness (QED) is 0.369. The molecule has 5 rings (SSSR count). The first kappa shape index (κ1) is 24.3. The van der Waals surface area contributed by atoms with Gasteiger partial charge in [0.2, 0.25) is 5.91 Å². The number of sulfonamides is 1. The lowest BCUT2D eigenvalue weighted by Crippen LogP contribution is -2.27. The predicted molar refractivity (Wildman–Crippen MR) is 142 cm³/mol. The number of anilines is 1. The summed E-state index contributed by atoms with van der Waals surface area (Å²) in [6, 6.07) is 23.2. The number of likely N-dealkylation sites (N-methyl/N-ethyl adjacent to an activating group) is 1. The lowest BCUT2D eigenvalue weighted by atomic mass is 10.1. The summed E-state index contributed by atoms with van der Waals surface area (Å²) in [5, 5.41) is 0.360. The van der Waals surface area contributed by atoms with Crippen LogP contribution in [0.2, 0.25) is 0 Å². The van der Waals surface area contributed by atoms with Crippen molar-refractivity contribution in [3.63, 3.8) is 0 Å². The maximum Gasteiger partial charge on any atom is 0.252 e. The molecule has 0 radical (unpaired) electrons. The molecule has 1 saturated carbocycles. The summed E-state index contributed by atoms with van der Waals surface area (Å²) in [6.07, 6.45) is 2.69. The van der Waals surface area contributed by atoms with E-state index < -0.39 is 10.0 Å². The Bertz CT molecular complexity index is 1470. The number of aryl methyl sites for hydroxylation is 1. The van der Waals surface area contributed by atoms with Crippen LogP contribution in [0.15, 0.2) is 83.2 Å². The van der Waals surface area contributed by atoms with Gasteiger partial charge in [0.1, 0.15) is 0 Å². The van der Waals surface area contributed by atoms with E-state index in [9.17, 15) is 13.2 Å². The Labute approximate surface area is 214 Å². The first-order chi connectivity index (χ1) is 17.3. The Morgan fingerprint density at radius 2 is 1.78 bits per heavy atom. The van der Waals surface area contributed by atoms with Crippen LogP contribution in [0.5, 0.6) is 0 Å². The average Bonchev–Trinajstić information content (AvgIpc) is 3.53. The van der Waals surface area contributed by atoms with Crippen LogP contribution in [0.1, 0.15) is 29.2 Å². The largest absolute Gasteiger partial charge is 0.291 e. The standard InChI is InChI=1S/C27H26N4O3S2/c1-18-26(36(33,34)30-24-17-22(24)20-8-4-3-5-9-20)35-27(29-18)31(2)25(32)16-19-11-13-21(14-12-19)23-10-6-7-15-28-23/h3-15,22,24,30H,16-17H2,1-2H3. The average molecular weight is 519 g/mol.